The maximum absolute atomic E-state index is 12.7. The molecule has 0 saturated heterocycles. The minimum Gasteiger partial charge on any atom is -0.493 e. The lowest BCUT2D eigenvalue weighted by Gasteiger charge is -2.10. The second-order valence-electron chi connectivity index (χ2n) is 6.59. The third kappa shape index (κ3) is 2.18. The lowest BCUT2D eigenvalue weighted by Crippen LogP contribution is -2.10. The predicted molar refractivity (Wildman–Crippen MR) is 77.6 cm³/mol. The maximum atomic E-state index is 12.7. The van der Waals surface area contributed by atoms with E-state index < -0.39 is 0 Å². The molecular weight excluding hydrogens is 236 g/mol. The summed E-state index contributed by atoms with van der Waals surface area (Å²) in [6.07, 6.45) is 0.947. The Morgan fingerprint density at radius 3 is 2.26 bits per heavy atom. The predicted octanol–water partition coefficient (Wildman–Crippen LogP) is 4.34. The van der Waals surface area contributed by atoms with E-state index in [1.807, 2.05) is 24.3 Å². The molecule has 104 valence electrons. The van der Waals surface area contributed by atoms with Gasteiger partial charge in [0.1, 0.15) is 5.75 Å². The van der Waals surface area contributed by atoms with Crippen LogP contribution in [0, 0.1) is 16.7 Å². The van der Waals surface area contributed by atoms with Gasteiger partial charge in [0.2, 0.25) is 0 Å². The number of hydrogen-bond acceptors (Lipinski definition) is 2. The van der Waals surface area contributed by atoms with Gasteiger partial charge in [-0.25, -0.2) is 0 Å². The number of carbonyl (C=O) groups excluding carboxylic acids is 1. The number of ether oxygens (including phenoxy) is 1. The van der Waals surface area contributed by atoms with Gasteiger partial charge < -0.3 is 4.74 Å². The second kappa shape index (κ2) is 4.66. The van der Waals surface area contributed by atoms with Crippen molar-refractivity contribution in [3.63, 3.8) is 0 Å². The number of benzene rings is 1. The lowest BCUT2D eigenvalue weighted by atomic mass is 10.0. The minimum atomic E-state index is 0.0714. The van der Waals surface area contributed by atoms with Gasteiger partial charge >= 0.3 is 0 Å². The van der Waals surface area contributed by atoms with E-state index >= 15 is 0 Å². The Balaban J connectivity index is 2.26. The molecular formula is C17H24O2. The van der Waals surface area contributed by atoms with E-state index in [4.69, 9.17) is 4.74 Å². The van der Waals surface area contributed by atoms with E-state index in [1.165, 1.54) is 0 Å². The molecule has 0 heterocycles. The first-order valence-corrected chi connectivity index (χ1v) is 7.10. The quantitative estimate of drug-likeness (QED) is 0.736. The van der Waals surface area contributed by atoms with Gasteiger partial charge in [0.15, 0.2) is 5.78 Å². The number of para-hydroxylation sites is 1. The number of carbonyl (C=O) groups is 1. The van der Waals surface area contributed by atoms with Crippen molar-refractivity contribution in [3.05, 3.63) is 29.8 Å². The normalized spacial score (nSPS) is 20.1. The van der Waals surface area contributed by atoms with Crippen molar-refractivity contribution in [2.24, 2.45) is 16.7 Å². The van der Waals surface area contributed by atoms with E-state index in [1.54, 1.807) is 0 Å². The summed E-state index contributed by atoms with van der Waals surface area (Å²) in [5.74, 6) is 1.04. The number of rotatable bonds is 5. The van der Waals surface area contributed by atoms with Crippen LogP contribution in [0.2, 0.25) is 0 Å². The highest BCUT2D eigenvalue weighted by atomic mass is 16.5. The Kier molecular flexibility index (Phi) is 3.46. The summed E-state index contributed by atoms with van der Waals surface area (Å²) in [4.78, 5) is 12.7. The highest BCUT2D eigenvalue weighted by molar-refractivity contribution is 6.03. The van der Waals surface area contributed by atoms with Crippen molar-refractivity contribution in [1.82, 2.24) is 0 Å². The van der Waals surface area contributed by atoms with Gasteiger partial charge in [-0.15, -0.1) is 0 Å². The molecule has 2 nitrogen and oxygen atoms in total. The number of ketones is 1. The van der Waals surface area contributed by atoms with E-state index in [-0.39, 0.29) is 22.5 Å². The highest BCUT2D eigenvalue weighted by Crippen LogP contribution is 2.69. The molecule has 0 spiro atoms. The Morgan fingerprint density at radius 1 is 1.16 bits per heavy atom. The molecule has 1 aromatic rings. The van der Waals surface area contributed by atoms with Gasteiger partial charge in [-0.05, 0) is 29.4 Å². The summed E-state index contributed by atoms with van der Waals surface area (Å²) >= 11 is 0. The molecule has 2 heteroatoms. The molecule has 1 saturated carbocycles. The van der Waals surface area contributed by atoms with E-state index in [0.717, 1.165) is 17.7 Å². The van der Waals surface area contributed by atoms with Crippen LogP contribution in [0.3, 0.4) is 0 Å². The van der Waals surface area contributed by atoms with Crippen LogP contribution in [0.1, 0.15) is 51.4 Å². The van der Waals surface area contributed by atoms with Gasteiger partial charge in [-0.3, -0.25) is 4.79 Å². The summed E-state index contributed by atoms with van der Waals surface area (Å²) in [6.45, 7) is 11.4. The molecule has 0 atom stereocenters. The number of hydrogen-bond donors (Lipinski definition) is 0. The van der Waals surface area contributed by atoms with Gasteiger partial charge in [0.05, 0.1) is 12.2 Å². The van der Waals surface area contributed by atoms with Gasteiger partial charge in [-0.2, -0.15) is 0 Å². The van der Waals surface area contributed by atoms with Crippen LogP contribution in [-0.4, -0.2) is 12.4 Å². The molecule has 0 aliphatic heterocycles. The Morgan fingerprint density at radius 2 is 1.74 bits per heavy atom. The van der Waals surface area contributed by atoms with Crippen LogP contribution in [0.15, 0.2) is 24.3 Å². The molecule has 0 radical (unpaired) electrons. The first-order valence-electron chi connectivity index (χ1n) is 7.10. The molecule has 0 unspecified atom stereocenters. The highest BCUT2D eigenvalue weighted by Gasteiger charge is 2.68. The average Bonchev–Trinajstić information content (AvgIpc) is 2.77. The zero-order chi connectivity index (χ0) is 14.3. The molecule has 19 heavy (non-hydrogen) atoms. The summed E-state index contributed by atoms with van der Waals surface area (Å²) in [5, 5.41) is 0. The molecule has 1 aliphatic rings. The van der Waals surface area contributed by atoms with Crippen molar-refractivity contribution in [1.29, 1.82) is 0 Å². The minimum absolute atomic E-state index is 0.0714. The molecule has 0 N–H and O–H groups in total. The van der Waals surface area contributed by atoms with Crippen LogP contribution in [-0.2, 0) is 0 Å². The zero-order valence-electron chi connectivity index (χ0n) is 12.6. The van der Waals surface area contributed by atoms with E-state index in [0.29, 0.717) is 6.61 Å². The van der Waals surface area contributed by atoms with Gasteiger partial charge in [0.25, 0.3) is 0 Å². The molecule has 2 rings (SSSR count). The van der Waals surface area contributed by atoms with Crippen LogP contribution in [0.5, 0.6) is 5.75 Å². The standard InChI is InChI=1S/C17H24O2/c1-6-11-19-13-10-8-7-9-12(13)14(18)15-16(2,3)17(15,4)5/h7-10,15H,6,11H2,1-5H3. The smallest absolute Gasteiger partial charge is 0.170 e. The summed E-state index contributed by atoms with van der Waals surface area (Å²) in [5.41, 5.74) is 0.879. The lowest BCUT2D eigenvalue weighted by molar-refractivity contribution is 0.0941. The first-order chi connectivity index (χ1) is 8.84. The largest absolute Gasteiger partial charge is 0.493 e. The third-order valence-electron chi connectivity index (χ3n) is 4.90. The maximum Gasteiger partial charge on any atom is 0.170 e. The average molecular weight is 260 g/mol. The van der Waals surface area contributed by atoms with Crippen molar-refractivity contribution in [2.45, 2.75) is 41.0 Å². The number of Topliss-reactive ketones (excluding diaryl/α,β-unsaturated/α-hetero) is 1. The molecule has 1 fully saturated rings. The molecule has 0 amide bonds. The van der Waals surface area contributed by atoms with Crippen LogP contribution >= 0.6 is 0 Å². The van der Waals surface area contributed by atoms with Crippen molar-refractivity contribution in [2.75, 3.05) is 6.61 Å². The molecule has 0 bridgehead atoms. The van der Waals surface area contributed by atoms with Gasteiger partial charge in [0, 0.05) is 5.92 Å². The van der Waals surface area contributed by atoms with Crippen LogP contribution in [0.4, 0.5) is 0 Å². The van der Waals surface area contributed by atoms with Crippen molar-refractivity contribution >= 4 is 5.78 Å². The third-order valence-corrected chi connectivity index (χ3v) is 4.90. The molecule has 0 aromatic heterocycles. The topological polar surface area (TPSA) is 26.3 Å². The second-order valence-corrected chi connectivity index (χ2v) is 6.59. The summed E-state index contributed by atoms with van der Waals surface area (Å²) in [7, 11) is 0. The monoisotopic (exact) mass is 260 g/mol. The SMILES string of the molecule is CCCOc1ccccc1C(=O)C1C(C)(C)C1(C)C. The fourth-order valence-electron chi connectivity index (χ4n) is 3.02. The van der Waals surface area contributed by atoms with Gasteiger partial charge in [-0.1, -0.05) is 46.8 Å². The van der Waals surface area contributed by atoms with Crippen LogP contribution < -0.4 is 4.74 Å². The summed E-state index contributed by atoms with van der Waals surface area (Å²) in [6, 6.07) is 7.61. The van der Waals surface area contributed by atoms with Crippen LogP contribution in [0.25, 0.3) is 0 Å². The fraction of sp³-hybridized carbons (Fsp3) is 0.588. The summed E-state index contributed by atoms with van der Waals surface area (Å²) < 4.78 is 5.70. The Hall–Kier alpha value is -1.31. The first kappa shape index (κ1) is 14.1. The Bertz CT molecular complexity index is 472. The Labute approximate surface area is 116 Å². The van der Waals surface area contributed by atoms with E-state index in [2.05, 4.69) is 34.6 Å². The van der Waals surface area contributed by atoms with E-state index in [9.17, 15) is 4.79 Å². The zero-order valence-corrected chi connectivity index (χ0v) is 12.6. The van der Waals surface area contributed by atoms with Crippen molar-refractivity contribution < 1.29 is 9.53 Å². The fourth-order valence-corrected chi connectivity index (χ4v) is 3.02. The van der Waals surface area contributed by atoms with Crippen molar-refractivity contribution in [3.8, 4) is 5.75 Å². The molecule has 1 aliphatic carbocycles. The molecule has 1 aromatic carbocycles.